The highest BCUT2D eigenvalue weighted by Gasteiger charge is 2.32. The molecule has 1 aliphatic rings. The molecule has 6 heteroatoms. The van der Waals surface area contributed by atoms with E-state index in [9.17, 15) is 14.0 Å². The second-order valence-corrected chi connectivity index (χ2v) is 4.03. The Balaban J connectivity index is 2.03. The molecule has 0 spiro atoms. The topological polar surface area (TPSA) is 58.6 Å². The first-order valence-corrected chi connectivity index (χ1v) is 5.54. The van der Waals surface area contributed by atoms with E-state index in [1.54, 1.807) is 6.07 Å². The average Bonchev–Trinajstić information content (AvgIpc) is 2.68. The van der Waals surface area contributed by atoms with Gasteiger partial charge in [-0.15, -0.1) is 0 Å². The molecule has 1 aliphatic heterocycles. The van der Waals surface area contributed by atoms with Gasteiger partial charge in [-0.3, -0.25) is 9.69 Å². The van der Waals surface area contributed by atoms with E-state index in [0.717, 1.165) is 0 Å². The fourth-order valence-corrected chi connectivity index (χ4v) is 1.74. The standard InChI is InChI=1S/C12H13FN2O3/c1-8(16)14-6-11-7-15(12(17)18-11)10-4-2-3-9(13)5-10/h2-5,11H,6-7H2,1H3,(H,14,16). The van der Waals surface area contributed by atoms with Gasteiger partial charge in [0, 0.05) is 6.92 Å². The zero-order valence-corrected chi connectivity index (χ0v) is 9.85. The van der Waals surface area contributed by atoms with Gasteiger partial charge in [-0.25, -0.2) is 9.18 Å². The third-order valence-corrected chi connectivity index (χ3v) is 2.57. The number of nitrogens with one attached hydrogen (secondary N) is 1. The number of hydrogen-bond acceptors (Lipinski definition) is 3. The summed E-state index contributed by atoms with van der Waals surface area (Å²) in [5.41, 5.74) is 0.449. The molecule has 1 N–H and O–H groups in total. The van der Waals surface area contributed by atoms with Gasteiger partial charge in [-0.1, -0.05) is 6.07 Å². The van der Waals surface area contributed by atoms with Gasteiger partial charge in [0.15, 0.2) is 0 Å². The molecular weight excluding hydrogens is 239 g/mol. The van der Waals surface area contributed by atoms with Crippen LogP contribution in [0.4, 0.5) is 14.9 Å². The maximum Gasteiger partial charge on any atom is 0.414 e. The van der Waals surface area contributed by atoms with Gasteiger partial charge in [0.05, 0.1) is 18.8 Å². The molecule has 18 heavy (non-hydrogen) atoms. The van der Waals surface area contributed by atoms with Crippen LogP contribution in [0.1, 0.15) is 6.92 Å². The van der Waals surface area contributed by atoms with Crippen molar-refractivity contribution in [2.24, 2.45) is 0 Å². The number of halogens is 1. The highest BCUT2D eigenvalue weighted by molar-refractivity contribution is 5.89. The van der Waals surface area contributed by atoms with E-state index >= 15 is 0 Å². The lowest BCUT2D eigenvalue weighted by molar-refractivity contribution is -0.119. The van der Waals surface area contributed by atoms with Crippen LogP contribution in [-0.4, -0.2) is 31.2 Å². The molecule has 1 atom stereocenters. The van der Waals surface area contributed by atoms with Crippen LogP contribution in [-0.2, 0) is 9.53 Å². The van der Waals surface area contributed by atoms with E-state index in [1.807, 2.05) is 0 Å². The zero-order valence-electron chi connectivity index (χ0n) is 9.85. The minimum absolute atomic E-state index is 0.185. The van der Waals surface area contributed by atoms with Crippen LogP contribution in [0.15, 0.2) is 24.3 Å². The number of amides is 2. The number of ether oxygens (including phenoxy) is 1. The molecule has 0 aliphatic carbocycles. The molecule has 2 amide bonds. The molecule has 2 rings (SSSR count). The van der Waals surface area contributed by atoms with E-state index < -0.39 is 18.0 Å². The SMILES string of the molecule is CC(=O)NCC1CN(c2cccc(F)c2)C(=O)O1. The van der Waals surface area contributed by atoms with Gasteiger partial charge < -0.3 is 10.1 Å². The minimum Gasteiger partial charge on any atom is -0.442 e. The Kier molecular flexibility index (Phi) is 3.45. The molecule has 0 aromatic heterocycles. The van der Waals surface area contributed by atoms with E-state index in [4.69, 9.17) is 4.74 Å². The van der Waals surface area contributed by atoms with Crippen LogP contribution in [0.3, 0.4) is 0 Å². The lowest BCUT2D eigenvalue weighted by Crippen LogP contribution is -2.33. The third-order valence-electron chi connectivity index (χ3n) is 2.57. The van der Waals surface area contributed by atoms with Crippen molar-refractivity contribution in [1.82, 2.24) is 5.32 Å². The summed E-state index contributed by atoms with van der Waals surface area (Å²) in [5, 5.41) is 2.57. The molecule has 1 heterocycles. The smallest absolute Gasteiger partial charge is 0.414 e. The van der Waals surface area contributed by atoms with Crippen molar-refractivity contribution >= 4 is 17.7 Å². The Morgan fingerprint density at radius 2 is 2.39 bits per heavy atom. The molecular formula is C12H13FN2O3. The van der Waals surface area contributed by atoms with Crippen molar-refractivity contribution < 1.29 is 18.7 Å². The summed E-state index contributed by atoms with van der Waals surface area (Å²) in [5.74, 6) is -0.596. The first-order valence-electron chi connectivity index (χ1n) is 5.54. The van der Waals surface area contributed by atoms with Crippen molar-refractivity contribution in [3.05, 3.63) is 30.1 Å². The molecule has 0 saturated carbocycles. The molecule has 96 valence electrons. The predicted octanol–water partition coefficient (Wildman–Crippen LogP) is 1.29. The second-order valence-electron chi connectivity index (χ2n) is 4.03. The molecule has 1 saturated heterocycles. The normalized spacial score (nSPS) is 18.7. The largest absolute Gasteiger partial charge is 0.442 e. The predicted molar refractivity (Wildman–Crippen MR) is 62.7 cm³/mol. The van der Waals surface area contributed by atoms with Gasteiger partial charge in [0.25, 0.3) is 0 Å². The maximum absolute atomic E-state index is 13.1. The van der Waals surface area contributed by atoms with Gasteiger partial charge in [-0.05, 0) is 18.2 Å². The summed E-state index contributed by atoms with van der Waals surface area (Å²) in [6.45, 7) is 1.94. The highest BCUT2D eigenvalue weighted by Crippen LogP contribution is 2.21. The van der Waals surface area contributed by atoms with Crippen LogP contribution in [0.5, 0.6) is 0 Å². The van der Waals surface area contributed by atoms with E-state index in [2.05, 4.69) is 5.32 Å². The number of benzene rings is 1. The van der Waals surface area contributed by atoms with E-state index in [-0.39, 0.29) is 12.5 Å². The van der Waals surface area contributed by atoms with Gasteiger partial charge >= 0.3 is 6.09 Å². The zero-order chi connectivity index (χ0) is 13.1. The number of nitrogens with zero attached hydrogens (tertiary/aromatic N) is 1. The third kappa shape index (κ3) is 2.77. The van der Waals surface area contributed by atoms with Gasteiger partial charge in [0.2, 0.25) is 5.91 Å². The minimum atomic E-state index is -0.532. The quantitative estimate of drug-likeness (QED) is 0.881. The number of carbonyl (C=O) groups excluding carboxylic acids is 2. The molecule has 1 fully saturated rings. The highest BCUT2D eigenvalue weighted by atomic mass is 19.1. The maximum atomic E-state index is 13.1. The average molecular weight is 252 g/mol. The monoisotopic (exact) mass is 252 g/mol. The van der Waals surface area contributed by atoms with E-state index in [0.29, 0.717) is 12.2 Å². The lowest BCUT2D eigenvalue weighted by atomic mass is 10.2. The first-order chi connectivity index (χ1) is 8.56. The van der Waals surface area contributed by atoms with Crippen LogP contribution in [0, 0.1) is 5.82 Å². The van der Waals surface area contributed by atoms with Crippen molar-refractivity contribution in [3.8, 4) is 0 Å². The first kappa shape index (κ1) is 12.3. The van der Waals surface area contributed by atoms with Crippen molar-refractivity contribution in [1.29, 1.82) is 0 Å². The number of anilines is 1. The van der Waals surface area contributed by atoms with Gasteiger partial charge in [-0.2, -0.15) is 0 Å². The fraction of sp³-hybridized carbons (Fsp3) is 0.333. The molecule has 0 radical (unpaired) electrons. The van der Waals surface area contributed by atoms with Gasteiger partial charge in [0.1, 0.15) is 11.9 Å². The summed E-state index contributed by atoms with van der Waals surface area (Å²) in [6.07, 6.45) is -0.944. The van der Waals surface area contributed by atoms with Crippen LogP contribution in [0.2, 0.25) is 0 Å². The summed E-state index contributed by atoms with van der Waals surface area (Å²) < 4.78 is 18.1. The Morgan fingerprint density at radius 1 is 1.61 bits per heavy atom. The fourth-order valence-electron chi connectivity index (χ4n) is 1.74. The summed E-state index contributed by atoms with van der Waals surface area (Å²) in [6, 6.07) is 5.73. The Bertz CT molecular complexity index is 478. The lowest BCUT2D eigenvalue weighted by Gasteiger charge is -2.12. The second kappa shape index (κ2) is 5.03. The molecule has 1 aromatic carbocycles. The Hall–Kier alpha value is -2.11. The Labute approximate surface area is 104 Å². The number of hydrogen-bond donors (Lipinski definition) is 1. The summed E-state index contributed by atoms with van der Waals surface area (Å²) in [7, 11) is 0. The molecule has 1 unspecified atom stereocenters. The van der Waals surface area contributed by atoms with E-state index in [1.165, 1.54) is 30.0 Å². The van der Waals surface area contributed by atoms with Crippen LogP contribution in [0.25, 0.3) is 0 Å². The summed E-state index contributed by atoms with van der Waals surface area (Å²) >= 11 is 0. The Morgan fingerprint density at radius 3 is 3.06 bits per heavy atom. The molecule has 1 aromatic rings. The number of rotatable bonds is 3. The number of cyclic esters (lactones) is 1. The summed E-state index contributed by atoms with van der Waals surface area (Å²) in [4.78, 5) is 23.7. The van der Waals surface area contributed by atoms with Crippen molar-refractivity contribution in [3.63, 3.8) is 0 Å². The number of carbonyl (C=O) groups is 2. The van der Waals surface area contributed by atoms with Crippen molar-refractivity contribution in [2.45, 2.75) is 13.0 Å². The van der Waals surface area contributed by atoms with Crippen molar-refractivity contribution in [2.75, 3.05) is 18.0 Å². The van der Waals surface area contributed by atoms with Crippen LogP contribution < -0.4 is 10.2 Å². The van der Waals surface area contributed by atoms with Crippen LogP contribution >= 0.6 is 0 Å². The molecule has 0 bridgehead atoms. The molecule has 5 nitrogen and oxygen atoms in total.